The molecule has 0 saturated heterocycles. The summed E-state index contributed by atoms with van der Waals surface area (Å²) in [4.78, 5) is 29.8. The van der Waals surface area contributed by atoms with Gasteiger partial charge in [0, 0.05) is 24.5 Å². The van der Waals surface area contributed by atoms with Crippen LogP contribution in [0.15, 0.2) is 114 Å². The number of anilines is 1. The Morgan fingerprint density at radius 1 is 0.818 bits per heavy atom. The Morgan fingerprint density at radius 2 is 1.41 bits per heavy atom. The normalized spacial score (nSPS) is 12.0. The van der Waals surface area contributed by atoms with E-state index in [-0.39, 0.29) is 29.7 Å². The Hall–Kier alpha value is -4.14. The van der Waals surface area contributed by atoms with Gasteiger partial charge in [0.1, 0.15) is 12.6 Å². The number of nitrogens with one attached hydrogen (secondary N) is 1. The standard InChI is InChI=1S/C35H38ClN3O4S/c1-26(2)23-37-35(41)33(22-28-15-6-4-7-16-28)38(24-29-17-11-12-20-31(29)36)34(40)25-39(32-21-13-10-14-27(32)3)44(42,43)30-18-8-5-9-19-30/h4-21,26,33H,22-25H2,1-3H3,(H,37,41)/t33-/m0/s1. The third-order valence-corrected chi connectivity index (χ3v) is 9.39. The van der Waals surface area contributed by atoms with Gasteiger partial charge in [-0.3, -0.25) is 13.9 Å². The molecule has 0 unspecified atom stereocenters. The van der Waals surface area contributed by atoms with Gasteiger partial charge in [0.2, 0.25) is 11.8 Å². The van der Waals surface area contributed by atoms with Gasteiger partial charge in [-0.2, -0.15) is 0 Å². The summed E-state index contributed by atoms with van der Waals surface area (Å²) in [7, 11) is -4.15. The molecule has 0 spiro atoms. The van der Waals surface area contributed by atoms with Crippen molar-refractivity contribution >= 4 is 39.1 Å². The van der Waals surface area contributed by atoms with E-state index in [1.807, 2.05) is 56.3 Å². The second-order valence-corrected chi connectivity index (χ2v) is 13.3. The van der Waals surface area contributed by atoms with Crippen LogP contribution in [0.4, 0.5) is 5.69 Å². The number of nitrogens with zero attached hydrogens (tertiary/aromatic N) is 2. The second-order valence-electron chi connectivity index (χ2n) is 11.1. The number of aryl methyl sites for hydroxylation is 1. The van der Waals surface area contributed by atoms with Crippen molar-refractivity contribution in [1.29, 1.82) is 0 Å². The van der Waals surface area contributed by atoms with Gasteiger partial charge >= 0.3 is 0 Å². The van der Waals surface area contributed by atoms with Crippen molar-refractivity contribution in [3.8, 4) is 0 Å². The number of carbonyl (C=O) groups excluding carboxylic acids is 2. The number of benzene rings is 4. The number of hydrogen-bond donors (Lipinski definition) is 1. The van der Waals surface area contributed by atoms with E-state index in [0.717, 1.165) is 9.87 Å². The molecule has 0 saturated carbocycles. The Kier molecular flexibility index (Phi) is 11.2. The Morgan fingerprint density at radius 3 is 2.05 bits per heavy atom. The van der Waals surface area contributed by atoms with Crippen LogP contribution in [0.3, 0.4) is 0 Å². The van der Waals surface area contributed by atoms with E-state index >= 15 is 0 Å². The minimum Gasteiger partial charge on any atom is -0.354 e. The zero-order chi connectivity index (χ0) is 31.7. The van der Waals surface area contributed by atoms with Crippen molar-refractivity contribution in [2.24, 2.45) is 5.92 Å². The summed E-state index contributed by atoms with van der Waals surface area (Å²) < 4.78 is 29.3. The summed E-state index contributed by atoms with van der Waals surface area (Å²) in [5, 5.41) is 3.43. The van der Waals surface area contributed by atoms with E-state index in [0.29, 0.717) is 28.4 Å². The molecule has 0 radical (unpaired) electrons. The molecule has 4 aromatic rings. The van der Waals surface area contributed by atoms with Crippen molar-refractivity contribution < 1.29 is 18.0 Å². The van der Waals surface area contributed by atoms with Crippen LogP contribution in [0.25, 0.3) is 0 Å². The van der Waals surface area contributed by atoms with Crippen LogP contribution >= 0.6 is 11.6 Å². The second kappa shape index (κ2) is 15.0. The minimum absolute atomic E-state index is 0.0120. The van der Waals surface area contributed by atoms with Crippen LogP contribution in [0.1, 0.15) is 30.5 Å². The SMILES string of the molecule is Cc1ccccc1N(CC(=O)N(Cc1ccccc1Cl)[C@@H](Cc1ccccc1)C(=O)NCC(C)C)S(=O)(=O)c1ccccc1. The summed E-state index contributed by atoms with van der Waals surface area (Å²) in [5.74, 6) is -0.666. The first-order chi connectivity index (χ1) is 21.1. The number of hydrogen-bond acceptors (Lipinski definition) is 4. The van der Waals surface area contributed by atoms with Crippen molar-refractivity contribution in [3.63, 3.8) is 0 Å². The van der Waals surface area contributed by atoms with Crippen molar-refractivity contribution in [2.45, 2.75) is 44.7 Å². The van der Waals surface area contributed by atoms with E-state index in [9.17, 15) is 18.0 Å². The molecule has 9 heteroatoms. The van der Waals surface area contributed by atoms with Gasteiger partial charge in [-0.1, -0.05) is 110 Å². The summed E-state index contributed by atoms with van der Waals surface area (Å²) in [5.41, 5.74) is 2.58. The van der Waals surface area contributed by atoms with Gasteiger partial charge in [-0.05, 0) is 53.8 Å². The highest BCUT2D eigenvalue weighted by atomic mass is 35.5. The maximum absolute atomic E-state index is 14.5. The largest absolute Gasteiger partial charge is 0.354 e. The van der Waals surface area contributed by atoms with Crippen LogP contribution < -0.4 is 9.62 Å². The number of carbonyl (C=O) groups is 2. The van der Waals surface area contributed by atoms with Gasteiger partial charge in [0.25, 0.3) is 10.0 Å². The molecule has 0 bridgehead atoms. The van der Waals surface area contributed by atoms with E-state index in [4.69, 9.17) is 11.6 Å². The highest BCUT2D eigenvalue weighted by Gasteiger charge is 2.35. The number of amides is 2. The summed E-state index contributed by atoms with van der Waals surface area (Å²) >= 11 is 6.55. The first-order valence-corrected chi connectivity index (χ1v) is 16.4. The summed E-state index contributed by atoms with van der Waals surface area (Å²) in [6, 6.07) is 30.7. The lowest BCUT2D eigenvalue weighted by Gasteiger charge is -2.34. The van der Waals surface area contributed by atoms with Crippen molar-refractivity contribution in [3.05, 3.63) is 131 Å². The predicted octanol–water partition coefficient (Wildman–Crippen LogP) is 6.26. The van der Waals surface area contributed by atoms with Gasteiger partial charge in [0.05, 0.1) is 10.6 Å². The van der Waals surface area contributed by atoms with Crippen molar-refractivity contribution in [2.75, 3.05) is 17.4 Å². The van der Waals surface area contributed by atoms with Gasteiger partial charge in [-0.15, -0.1) is 0 Å². The molecule has 2 amide bonds. The van der Waals surface area contributed by atoms with Gasteiger partial charge < -0.3 is 10.2 Å². The van der Waals surface area contributed by atoms with Crippen LogP contribution in [0.2, 0.25) is 5.02 Å². The number of rotatable bonds is 13. The summed E-state index contributed by atoms with van der Waals surface area (Å²) in [6.07, 6.45) is 0.233. The van der Waals surface area contributed by atoms with Crippen LogP contribution in [0.5, 0.6) is 0 Å². The quantitative estimate of drug-likeness (QED) is 0.189. The summed E-state index contributed by atoms with van der Waals surface area (Å²) in [6.45, 7) is 5.71. The van der Waals surface area contributed by atoms with Crippen molar-refractivity contribution in [1.82, 2.24) is 10.2 Å². The van der Waals surface area contributed by atoms with Crippen LogP contribution in [0, 0.1) is 12.8 Å². The fourth-order valence-corrected chi connectivity index (χ4v) is 6.56. The van der Waals surface area contributed by atoms with Gasteiger partial charge in [-0.25, -0.2) is 8.42 Å². The Labute approximate surface area is 265 Å². The molecule has 230 valence electrons. The number of para-hydroxylation sites is 1. The molecule has 0 aromatic heterocycles. The predicted molar refractivity (Wildman–Crippen MR) is 176 cm³/mol. The van der Waals surface area contributed by atoms with Crippen LogP contribution in [-0.2, 0) is 32.6 Å². The number of halogens is 1. The maximum atomic E-state index is 14.5. The fraction of sp³-hybridized carbons (Fsp3) is 0.257. The zero-order valence-electron chi connectivity index (χ0n) is 25.2. The molecular weight excluding hydrogens is 594 g/mol. The average molecular weight is 632 g/mol. The zero-order valence-corrected chi connectivity index (χ0v) is 26.8. The Balaban J connectivity index is 1.81. The van der Waals surface area contributed by atoms with E-state index < -0.39 is 28.5 Å². The molecule has 0 aliphatic carbocycles. The minimum atomic E-state index is -4.15. The molecule has 0 heterocycles. The lowest BCUT2D eigenvalue weighted by molar-refractivity contribution is -0.140. The van der Waals surface area contributed by atoms with Crippen LogP contribution in [-0.4, -0.2) is 44.3 Å². The third kappa shape index (κ3) is 8.27. The molecule has 0 aliphatic heterocycles. The molecule has 4 aromatic carbocycles. The number of sulfonamides is 1. The van der Waals surface area contributed by atoms with E-state index in [1.165, 1.54) is 17.0 Å². The maximum Gasteiger partial charge on any atom is 0.264 e. The van der Waals surface area contributed by atoms with E-state index in [1.54, 1.807) is 61.5 Å². The first-order valence-electron chi connectivity index (χ1n) is 14.6. The lowest BCUT2D eigenvalue weighted by atomic mass is 10.0. The van der Waals surface area contributed by atoms with E-state index in [2.05, 4.69) is 5.32 Å². The molecular formula is C35H38ClN3O4S. The highest BCUT2D eigenvalue weighted by molar-refractivity contribution is 7.92. The lowest BCUT2D eigenvalue weighted by Crippen LogP contribution is -2.53. The molecule has 0 aliphatic rings. The molecule has 44 heavy (non-hydrogen) atoms. The molecule has 7 nitrogen and oxygen atoms in total. The molecule has 0 fully saturated rings. The highest BCUT2D eigenvalue weighted by Crippen LogP contribution is 2.28. The molecule has 4 rings (SSSR count). The smallest absolute Gasteiger partial charge is 0.264 e. The average Bonchev–Trinajstić information content (AvgIpc) is 3.02. The molecule has 1 atom stereocenters. The fourth-order valence-electron chi connectivity index (χ4n) is 4.86. The Bertz CT molecular complexity index is 1660. The first kappa shape index (κ1) is 32.8. The third-order valence-electron chi connectivity index (χ3n) is 7.25. The topological polar surface area (TPSA) is 86.8 Å². The molecule has 1 N–H and O–H groups in total. The monoisotopic (exact) mass is 631 g/mol. The van der Waals surface area contributed by atoms with Gasteiger partial charge in [0.15, 0.2) is 0 Å².